The van der Waals surface area contributed by atoms with Crippen molar-refractivity contribution in [2.45, 2.75) is 18.2 Å². The Hall–Kier alpha value is 0.130. The molecule has 2 aliphatic rings. The minimum absolute atomic E-state index is 0.0686. The zero-order chi connectivity index (χ0) is 10.7. The third kappa shape index (κ3) is 3.04. The zero-order valence-corrected chi connectivity index (χ0v) is 10.7. The molecule has 15 heavy (non-hydrogen) atoms. The second-order valence-electron chi connectivity index (χ2n) is 4.05. The monoisotopic (exact) mass is 246 g/mol. The van der Waals surface area contributed by atoms with Gasteiger partial charge in [-0.2, -0.15) is 23.5 Å². The molecule has 1 N–H and O–H groups in total. The third-order valence-corrected chi connectivity index (χ3v) is 4.97. The smallest absolute Gasteiger partial charge is 0.240 e. The summed E-state index contributed by atoms with van der Waals surface area (Å²) < 4.78 is 0. The quantitative estimate of drug-likeness (QED) is 0.736. The molecule has 0 aromatic rings. The Morgan fingerprint density at radius 1 is 1.47 bits per heavy atom. The van der Waals surface area contributed by atoms with Gasteiger partial charge in [0.25, 0.3) is 0 Å². The van der Waals surface area contributed by atoms with Gasteiger partial charge in [0.05, 0.1) is 6.04 Å². The van der Waals surface area contributed by atoms with Crippen LogP contribution in [0.4, 0.5) is 0 Å². The number of amides is 1. The molecule has 0 bridgehead atoms. The number of nitrogens with zero attached hydrogens (tertiary/aromatic N) is 1. The van der Waals surface area contributed by atoms with Gasteiger partial charge >= 0.3 is 0 Å². The molecule has 2 atom stereocenters. The van der Waals surface area contributed by atoms with Crippen molar-refractivity contribution in [3.8, 4) is 0 Å². The Balaban J connectivity index is 1.88. The molecular formula is C10H18N2OS2. The molecule has 3 nitrogen and oxygen atoms in total. The largest absolute Gasteiger partial charge is 0.339 e. The van der Waals surface area contributed by atoms with E-state index in [2.05, 4.69) is 12.2 Å². The van der Waals surface area contributed by atoms with Crippen LogP contribution in [0, 0.1) is 0 Å². The average molecular weight is 246 g/mol. The maximum atomic E-state index is 12.1. The summed E-state index contributed by atoms with van der Waals surface area (Å²) in [5.74, 6) is 3.48. The summed E-state index contributed by atoms with van der Waals surface area (Å²) in [4.78, 5) is 14.2. The van der Waals surface area contributed by atoms with Gasteiger partial charge in [-0.15, -0.1) is 0 Å². The summed E-state index contributed by atoms with van der Waals surface area (Å²) in [7, 11) is 0. The molecule has 1 amide bonds. The van der Waals surface area contributed by atoms with E-state index in [1.54, 1.807) is 0 Å². The molecular weight excluding hydrogens is 228 g/mol. The highest BCUT2D eigenvalue weighted by Crippen LogP contribution is 2.19. The fourth-order valence-electron chi connectivity index (χ4n) is 1.96. The Kier molecular flexibility index (Phi) is 4.22. The first-order valence-electron chi connectivity index (χ1n) is 5.49. The summed E-state index contributed by atoms with van der Waals surface area (Å²) in [5, 5.41) is 3.91. The molecule has 2 saturated heterocycles. The van der Waals surface area contributed by atoms with Crippen LogP contribution in [0.3, 0.4) is 0 Å². The molecule has 2 unspecified atom stereocenters. The molecule has 0 radical (unpaired) electrons. The number of hydrogen-bond acceptors (Lipinski definition) is 4. The van der Waals surface area contributed by atoms with Gasteiger partial charge in [-0.3, -0.25) is 4.79 Å². The first kappa shape index (κ1) is 11.6. The Morgan fingerprint density at radius 3 is 3.00 bits per heavy atom. The Bertz CT molecular complexity index is 231. The van der Waals surface area contributed by atoms with Gasteiger partial charge in [0, 0.05) is 42.1 Å². The number of thioether (sulfide) groups is 2. The van der Waals surface area contributed by atoms with Gasteiger partial charge in [0.15, 0.2) is 0 Å². The molecule has 2 aliphatic heterocycles. The van der Waals surface area contributed by atoms with Gasteiger partial charge in [0.2, 0.25) is 5.91 Å². The standard InChI is InChI=1S/C10H18N2OS2/c1-8-6-12(3-5-15-8)10(13)9-7-14-4-2-11-9/h8-9,11H,2-7H2,1H3. The van der Waals surface area contributed by atoms with Gasteiger partial charge in [-0.25, -0.2) is 0 Å². The highest BCUT2D eigenvalue weighted by molar-refractivity contribution is 8.00. The van der Waals surface area contributed by atoms with E-state index in [9.17, 15) is 4.79 Å². The molecule has 5 heteroatoms. The van der Waals surface area contributed by atoms with E-state index in [1.165, 1.54) is 0 Å². The van der Waals surface area contributed by atoms with Crippen molar-refractivity contribution in [3.63, 3.8) is 0 Å². The number of carbonyl (C=O) groups is 1. The highest BCUT2D eigenvalue weighted by atomic mass is 32.2. The van der Waals surface area contributed by atoms with E-state index in [0.29, 0.717) is 11.2 Å². The molecule has 0 aromatic carbocycles. The van der Waals surface area contributed by atoms with Crippen LogP contribution in [-0.2, 0) is 4.79 Å². The van der Waals surface area contributed by atoms with Crippen molar-refractivity contribution in [3.05, 3.63) is 0 Å². The summed E-state index contributed by atoms with van der Waals surface area (Å²) >= 11 is 3.85. The molecule has 0 spiro atoms. The van der Waals surface area contributed by atoms with E-state index in [4.69, 9.17) is 0 Å². The lowest BCUT2D eigenvalue weighted by molar-refractivity contribution is -0.132. The summed E-state index contributed by atoms with van der Waals surface area (Å²) in [6.45, 7) is 5.02. The van der Waals surface area contributed by atoms with Crippen LogP contribution in [0.15, 0.2) is 0 Å². The first-order chi connectivity index (χ1) is 7.27. The fraction of sp³-hybridized carbons (Fsp3) is 0.900. The van der Waals surface area contributed by atoms with Crippen LogP contribution in [-0.4, -0.2) is 59.0 Å². The summed E-state index contributed by atoms with van der Waals surface area (Å²) in [6.07, 6.45) is 0. The highest BCUT2D eigenvalue weighted by Gasteiger charge is 2.28. The van der Waals surface area contributed by atoms with Gasteiger partial charge in [0.1, 0.15) is 0 Å². The maximum absolute atomic E-state index is 12.1. The lowest BCUT2D eigenvalue weighted by Crippen LogP contribution is -2.53. The van der Waals surface area contributed by atoms with Crippen LogP contribution in [0.2, 0.25) is 0 Å². The molecule has 2 rings (SSSR count). The van der Waals surface area contributed by atoms with E-state index in [1.807, 2.05) is 28.4 Å². The van der Waals surface area contributed by atoms with Crippen molar-refractivity contribution < 1.29 is 4.79 Å². The SMILES string of the molecule is CC1CN(C(=O)C2CSCCN2)CCS1. The molecule has 2 fully saturated rings. The second-order valence-corrected chi connectivity index (χ2v) is 6.74. The normalized spacial score (nSPS) is 32.7. The van der Waals surface area contributed by atoms with Crippen LogP contribution >= 0.6 is 23.5 Å². The number of rotatable bonds is 1. The van der Waals surface area contributed by atoms with Crippen LogP contribution in [0.25, 0.3) is 0 Å². The molecule has 0 saturated carbocycles. The minimum Gasteiger partial charge on any atom is -0.339 e. The van der Waals surface area contributed by atoms with E-state index in [-0.39, 0.29) is 6.04 Å². The van der Waals surface area contributed by atoms with E-state index >= 15 is 0 Å². The van der Waals surface area contributed by atoms with E-state index < -0.39 is 0 Å². The lowest BCUT2D eigenvalue weighted by atomic mass is 10.2. The topological polar surface area (TPSA) is 32.3 Å². The fourth-order valence-corrected chi connectivity index (χ4v) is 3.90. The van der Waals surface area contributed by atoms with Crippen molar-refractivity contribution in [1.82, 2.24) is 10.2 Å². The number of carbonyl (C=O) groups excluding carboxylic acids is 1. The molecule has 2 heterocycles. The maximum Gasteiger partial charge on any atom is 0.240 e. The minimum atomic E-state index is 0.0686. The molecule has 0 aromatic heterocycles. The molecule has 86 valence electrons. The first-order valence-corrected chi connectivity index (χ1v) is 7.69. The summed E-state index contributed by atoms with van der Waals surface area (Å²) in [6, 6.07) is 0.0686. The van der Waals surface area contributed by atoms with Gasteiger partial charge < -0.3 is 10.2 Å². The van der Waals surface area contributed by atoms with Crippen LogP contribution in [0.1, 0.15) is 6.92 Å². The predicted octanol–water partition coefficient (Wildman–Crippen LogP) is 0.655. The Morgan fingerprint density at radius 2 is 2.33 bits per heavy atom. The summed E-state index contributed by atoms with van der Waals surface area (Å²) in [5.41, 5.74) is 0. The van der Waals surface area contributed by atoms with Crippen molar-refractivity contribution >= 4 is 29.4 Å². The zero-order valence-electron chi connectivity index (χ0n) is 9.07. The second kappa shape index (κ2) is 5.46. The Labute approximate surface area is 99.7 Å². The van der Waals surface area contributed by atoms with Gasteiger partial charge in [-0.1, -0.05) is 6.92 Å². The van der Waals surface area contributed by atoms with E-state index in [0.717, 1.165) is 36.9 Å². The number of nitrogens with one attached hydrogen (secondary N) is 1. The van der Waals surface area contributed by atoms with Crippen molar-refractivity contribution in [2.75, 3.05) is 36.9 Å². The van der Waals surface area contributed by atoms with Gasteiger partial charge in [-0.05, 0) is 0 Å². The van der Waals surface area contributed by atoms with Crippen LogP contribution < -0.4 is 5.32 Å². The molecule has 0 aliphatic carbocycles. The van der Waals surface area contributed by atoms with Crippen molar-refractivity contribution in [1.29, 1.82) is 0 Å². The average Bonchev–Trinajstić information content (AvgIpc) is 2.29. The lowest BCUT2D eigenvalue weighted by Gasteiger charge is -2.34. The predicted molar refractivity (Wildman–Crippen MR) is 67.6 cm³/mol. The number of hydrogen-bond donors (Lipinski definition) is 1. The third-order valence-electron chi connectivity index (χ3n) is 2.77. The van der Waals surface area contributed by atoms with Crippen LogP contribution in [0.5, 0.6) is 0 Å². The van der Waals surface area contributed by atoms with Crippen molar-refractivity contribution in [2.24, 2.45) is 0 Å².